The molecule has 0 aliphatic heterocycles. The maximum atomic E-state index is 13.6. The highest BCUT2D eigenvalue weighted by Crippen LogP contribution is 2.51. The number of nitrogens with two attached hydrogens (primary N) is 2. The second kappa shape index (κ2) is 21.3. The summed E-state index contributed by atoms with van der Waals surface area (Å²) in [5, 5.41) is 22.6. The number of rotatable bonds is 14. The number of allylic oxidation sites excluding steroid dienone is 1. The number of methoxy groups -OCH3 is 1. The molecule has 8 nitrogen and oxygen atoms in total. The molecule has 2 bridgehead atoms. The molecule has 2 aromatic carbocycles. The van der Waals surface area contributed by atoms with E-state index in [1.807, 2.05) is 13.0 Å². The first kappa shape index (κ1) is 44.3. The monoisotopic (exact) mass is 804 g/mol. The maximum Gasteiger partial charge on any atom is 0.186 e. The number of carbonyl (C=O) groups excluding carboxylic acids is 1. The molecule has 0 heterocycles. The Hall–Kier alpha value is -4.24. The fourth-order valence-corrected chi connectivity index (χ4v) is 10.7. The number of benzene rings is 2. The van der Waals surface area contributed by atoms with Crippen molar-refractivity contribution < 1.29 is 24.5 Å². The number of phenols is 1. The first-order valence-electron chi connectivity index (χ1n) is 22.7. The molecule has 2 saturated carbocycles. The third-order valence-electron chi connectivity index (χ3n) is 13.7. The highest BCUT2D eigenvalue weighted by Gasteiger charge is 2.47. The van der Waals surface area contributed by atoms with Gasteiger partial charge in [-0.15, -0.1) is 5.92 Å². The van der Waals surface area contributed by atoms with Gasteiger partial charge in [0.25, 0.3) is 0 Å². The zero-order chi connectivity index (χ0) is 41.8. The summed E-state index contributed by atoms with van der Waals surface area (Å²) in [4.78, 5) is 18.6. The van der Waals surface area contributed by atoms with Crippen molar-refractivity contribution in [1.29, 1.82) is 0 Å². The standard InChI is InChI=1S/C51H69N3O5/c1-4-14-36(33-55)31-40(56)24-22-37-32-47(59-41-18-9-10-19-41)49(57)48-42(37)26-27-44-45(51(29-11-6-12-30-51)39-16-7-5-8-17-39)20-13-15-35(2)21-25-43(48)38(34-58-3)23-28-46(44)54-50(52)53/h5,7-8,16-17,31-32,35,38,41,43-46,55,57H,4,6,9-12,14-15,18-19,21-25,28-30,33-34H2,1-3H3,(H4,52,53,54). The summed E-state index contributed by atoms with van der Waals surface area (Å²) in [7, 11) is 1.75. The van der Waals surface area contributed by atoms with Crippen molar-refractivity contribution in [2.24, 2.45) is 40.1 Å². The zero-order valence-electron chi connectivity index (χ0n) is 35.9. The van der Waals surface area contributed by atoms with Gasteiger partial charge in [-0.2, -0.15) is 0 Å². The van der Waals surface area contributed by atoms with Crippen LogP contribution in [0.1, 0.15) is 151 Å². The first-order chi connectivity index (χ1) is 28.7. The number of hydrogen-bond donors (Lipinski definition) is 4. The van der Waals surface area contributed by atoms with Gasteiger partial charge in [-0.1, -0.05) is 87.6 Å². The summed E-state index contributed by atoms with van der Waals surface area (Å²) in [6.07, 6.45) is 17.2. The van der Waals surface area contributed by atoms with E-state index in [4.69, 9.17) is 25.9 Å². The molecule has 5 aliphatic carbocycles. The van der Waals surface area contributed by atoms with Gasteiger partial charge in [0.05, 0.1) is 24.7 Å². The summed E-state index contributed by atoms with van der Waals surface area (Å²) in [5.74, 6) is 15.6. The number of aryl methyl sites for hydroxylation is 1. The Morgan fingerprint density at radius 1 is 0.983 bits per heavy atom. The normalized spacial score (nSPS) is 25.9. The lowest BCUT2D eigenvalue weighted by Crippen LogP contribution is -2.44. The molecule has 0 spiro atoms. The molecule has 0 amide bonds. The van der Waals surface area contributed by atoms with Crippen LogP contribution in [0.4, 0.5) is 0 Å². The van der Waals surface area contributed by atoms with Crippen LogP contribution in [0.5, 0.6) is 11.5 Å². The number of ether oxygens (including phenoxy) is 2. The van der Waals surface area contributed by atoms with Gasteiger partial charge in [-0.25, -0.2) is 4.99 Å². The van der Waals surface area contributed by atoms with Crippen LogP contribution in [0.2, 0.25) is 0 Å². The minimum atomic E-state index is -0.332. The van der Waals surface area contributed by atoms with Gasteiger partial charge in [0, 0.05) is 49.0 Å². The van der Waals surface area contributed by atoms with E-state index in [2.05, 4.69) is 60.9 Å². The Balaban J connectivity index is 1.63. The molecule has 7 rings (SSSR count). The highest BCUT2D eigenvalue weighted by molar-refractivity contribution is 5.90. The van der Waals surface area contributed by atoms with E-state index in [1.165, 1.54) is 12.0 Å². The quantitative estimate of drug-likeness (QED) is 0.0647. The van der Waals surface area contributed by atoms with E-state index < -0.39 is 0 Å². The van der Waals surface area contributed by atoms with Crippen molar-refractivity contribution in [1.82, 2.24) is 0 Å². The lowest BCUT2D eigenvalue weighted by Gasteiger charge is -2.45. The van der Waals surface area contributed by atoms with Gasteiger partial charge >= 0.3 is 0 Å². The van der Waals surface area contributed by atoms with E-state index in [0.717, 1.165) is 106 Å². The molecular weight excluding hydrogens is 735 g/mol. The van der Waals surface area contributed by atoms with E-state index in [-0.39, 0.29) is 71.8 Å². The number of aliphatic hydroxyl groups excluding tert-OH is 1. The molecule has 318 valence electrons. The largest absolute Gasteiger partial charge is 0.504 e. The average Bonchev–Trinajstić information content (AvgIpc) is 3.76. The second-order valence-electron chi connectivity index (χ2n) is 18.0. The Morgan fingerprint density at radius 3 is 2.44 bits per heavy atom. The van der Waals surface area contributed by atoms with Crippen molar-refractivity contribution in [3.63, 3.8) is 0 Å². The van der Waals surface area contributed by atoms with Gasteiger partial charge in [0.15, 0.2) is 23.2 Å². The number of aliphatic imine (C=N–C) groups is 1. The van der Waals surface area contributed by atoms with Crippen molar-refractivity contribution >= 4 is 11.7 Å². The number of aliphatic hydroxyl groups is 1. The lowest BCUT2D eigenvalue weighted by molar-refractivity contribution is -0.114. The van der Waals surface area contributed by atoms with Crippen LogP contribution in [-0.2, 0) is 21.4 Å². The minimum Gasteiger partial charge on any atom is -0.504 e. The number of aromatic hydroxyl groups is 1. The van der Waals surface area contributed by atoms with Gasteiger partial charge in [0.2, 0.25) is 0 Å². The van der Waals surface area contributed by atoms with E-state index in [1.54, 1.807) is 13.2 Å². The fourth-order valence-electron chi connectivity index (χ4n) is 10.7. The summed E-state index contributed by atoms with van der Waals surface area (Å²) in [5.41, 5.74) is 16.9. The van der Waals surface area contributed by atoms with Crippen molar-refractivity contribution in [3.8, 4) is 35.2 Å². The zero-order valence-corrected chi connectivity index (χ0v) is 35.9. The molecule has 2 fully saturated rings. The summed E-state index contributed by atoms with van der Waals surface area (Å²) in [6.45, 7) is 4.70. The predicted octanol–water partition coefficient (Wildman–Crippen LogP) is 9.03. The molecule has 6 unspecified atom stereocenters. The van der Waals surface area contributed by atoms with E-state index in [9.17, 15) is 15.0 Å². The molecule has 8 heteroatoms. The Kier molecular flexibility index (Phi) is 16.0. The van der Waals surface area contributed by atoms with Crippen LogP contribution in [0.3, 0.4) is 0 Å². The number of guanidine groups is 1. The van der Waals surface area contributed by atoms with Gasteiger partial charge in [-0.3, -0.25) is 4.79 Å². The molecular formula is C51H69N3O5. The Morgan fingerprint density at radius 2 is 1.75 bits per heavy atom. The topological polar surface area (TPSA) is 140 Å². The Bertz CT molecular complexity index is 1900. The Labute approximate surface area is 354 Å². The number of phenolic OH excluding ortho intramolecular Hbond substituents is 1. The van der Waals surface area contributed by atoms with Crippen molar-refractivity contribution in [3.05, 3.63) is 70.3 Å². The smallest absolute Gasteiger partial charge is 0.186 e. The molecule has 2 aromatic rings. The van der Waals surface area contributed by atoms with Crippen LogP contribution in [0.25, 0.3) is 0 Å². The molecule has 0 saturated heterocycles. The van der Waals surface area contributed by atoms with Crippen LogP contribution >= 0.6 is 0 Å². The van der Waals surface area contributed by atoms with Gasteiger partial charge < -0.3 is 31.2 Å². The third-order valence-corrected chi connectivity index (χ3v) is 13.7. The third kappa shape index (κ3) is 10.9. The van der Waals surface area contributed by atoms with Crippen molar-refractivity contribution in [2.75, 3.05) is 20.3 Å². The highest BCUT2D eigenvalue weighted by atomic mass is 16.5. The predicted molar refractivity (Wildman–Crippen MR) is 237 cm³/mol. The van der Waals surface area contributed by atoms with Crippen LogP contribution in [-0.4, -0.2) is 54.4 Å². The SMILES string of the molecule is CCCC(=CC(=O)CCc1cc(OC2CCCC2)c(O)c2c1C#CC1C(N=C(N)N)CCC(COC)C2CCC(C)CC#CC1C1(c2ccccc2)CCCCC1)CO. The molecule has 6 atom stereocenters. The number of hydrogen-bond acceptors (Lipinski definition) is 6. The number of ketones is 1. The molecule has 5 aliphatic rings. The first-order valence-corrected chi connectivity index (χ1v) is 22.7. The lowest BCUT2D eigenvalue weighted by atomic mass is 9.57. The fraction of sp³-hybridized carbons (Fsp3) is 0.608. The molecule has 0 radical (unpaired) electrons. The summed E-state index contributed by atoms with van der Waals surface area (Å²) >= 11 is 0. The number of carbonyl (C=O) groups is 1. The van der Waals surface area contributed by atoms with Gasteiger partial charge in [0.1, 0.15) is 0 Å². The minimum absolute atomic E-state index is 0.0206. The second-order valence-corrected chi connectivity index (χ2v) is 18.0. The van der Waals surface area contributed by atoms with E-state index >= 15 is 0 Å². The molecule has 59 heavy (non-hydrogen) atoms. The summed E-state index contributed by atoms with van der Waals surface area (Å²) < 4.78 is 12.7. The summed E-state index contributed by atoms with van der Waals surface area (Å²) in [6, 6.07) is 12.5. The number of nitrogens with zero attached hydrogens (tertiary/aromatic N) is 1. The van der Waals surface area contributed by atoms with E-state index in [0.29, 0.717) is 37.5 Å². The average molecular weight is 804 g/mol. The van der Waals surface area contributed by atoms with Crippen LogP contribution < -0.4 is 16.2 Å². The van der Waals surface area contributed by atoms with Crippen molar-refractivity contribution in [2.45, 2.75) is 153 Å². The van der Waals surface area contributed by atoms with Gasteiger partial charge in [-0.05, 0) is 124 Å². The molecule has 0 aromatic heterocycles. The molecule has 6 N–H and O–H groups in total. The maximum absolute atomic E-state index is 13.6. The van der Waals surface area contributed by atoms with Crippen LogP contribution in [0, 0.1) is 47.4 Å². The van der Waals surface area contributed by atoms with Crippen LogP contribution in [0.15, 0.2) is 53.0 Å². The number of fused-ring (bicyclic) bond motifs is 8.